The van der Waals surface area contributed by atoms with Gasteiger partial charge in [0.15, 0.2) is 5.82 Å². The number of aromatic carboxylic acids is 1. The standard InChI is InChI=1S/C9H4F2INO2/c10-4-1-3-2-5(9(14)15)13-8(3)6(11)7(4)12/h1-2,13H,(H,14,15). The van der Waals surface area contributed by atoms with Gasteiger partial charge in [0.05, 0.1) is 9.09 Å². The number of aromatic amines is 1. The highest BCUT2D eigenvalue weighted by atomic mass is 127. The molecule has 1 heterocycles. The van der Waals surface area contributed by atoms with Crippen LogP contribution in [-0.4, -0.2) is 16.1 Å². The zero-order valence-electron chi connectivity index (χ0n) is 7.14. The molecule has 3 nitrogen and oxygen atoms in total. The lowest BCUT2D eigenvalue weighted by Gasteiger charge is -1.97. The zero-order chi connectivity index (χ0) is 11.2. The first-order valence-electron chi connectivity index (χ1n) is 3.90. The Kier molecular flexibility index (Phi) is 2.37. The van der Waals surface area contributed by atoms with Crippen LogP contribution < -0.4 is 0 Å². The van der Waals surface area contributed by atoms with Gasteiger partial charge in [-0.05, 0) is 34.7 Å². The number of fused-ring (bicyclic) bond motifs is 1. The van der Waals surface area contributed by atoms with Crippen molar-refractivity contribution < 1.29 is 18.7 Å². The lowest BCUT2D eigenvalue weighted by atomic mass is 10.2. The topological polar surface area (TPSA) is 53.1 Å². The van der Waals surface area contributed by atoms with E-state index >= 15 is 0 Å². The summed E-state index contributed by atoms with van der Waals surface area (Å²) in [6.07, 6.45) is 0. The molecule has 0 unspecified atom stereocenters. The number of rotatable bonds is 1. The van der Waals surface area contributed by atoms with Crippen LogP contribution >= 0.6 is 22.6 Å². The van der Waals surface area contributed by atoms with E-state index in [9.17, 15) is 13.6 Å². The maximum atomic E-state index is 13.5. The third-order valence-electron chi connectivity index (χ3n) is 1.98. The second kappa shape index (κ2) is 3.44. The number of halogens is 3. The summed E-state index contributed by atoms with van der Waals surface area (Å²) in [5.41, 5.74) is -0.150. The van der Waals surface area contributed by atoms with Gasteiger partial charge in [0.2, 0.25) is 0 Å². The van der Waals surface area contributed by atoms with Gasteiger partial charge in [-0.25, -0.2) is 13.6 Å². The number of carbonyl (C=O) groups is 1. The van der Waals surface area contributed by atoms with Crippen LogP contribution in [0.4, 0.5) is 8.78 Å². The molecule has 0 aliphatic heterocycles. The van der Waals surface area contributed by atoms with Crippen molar-refractivity contribution in [2.24, 2.45) is 0 Å². The van der Waals surface area contributed by atoms with Gasteiger partial charge in [0, 0.05) is 5.39 Å². The van der Waals surface area contributed by atoms with E-state index in [2.05, 4.69) is 4.98 Å². The van der Waals surface area contributed by atoms with Crippen molar-refractivity contribution in [3.05, 3.63) is 33.0 Å². The molecule has 0 aliphatic rings. The summed E-state index contributed by atoms with van der Waals surface area (Å²) < 4.78 is 26.4. The van der Waals surface area contributed by atoms with Crippen molar-refractivity contribution in [1.29, 1.82) is 0 Å². The van der Waals surface area contributed by atoms with E-state index in [1.165, 1.54) is 28.7 Å². The first kappa shape index (κ1) is 10.3. The molecule has 15 heavy (non-hydrogen) atoms. The van der Waals surface area contributed by atoms with Crippen molar-refractivity contribution in [3.63, 3.8) is 0 Å². The van der Waals surface area contributed by atoms with Crippen LogP contribution in [0.15, 0.2) is 12.1 Å². The second-order valence-corrected chi connectivity index (χ2v) is 4.02. The van der Waals surface area contributed by atoms with Crippen molar-refractivity contribution in [1.82, 2.24) is 4.98 Å². The number of benzene rings is 1. The molecule has 0 spiro atoms. The number of H-pyrrole nitrogens is 1. The van der Waals surface area contributed by atoms with E-state index in [4.69, 9.17) is 5.11 Å². The van der Waals surface area contributed by atoms with E-state index < -0.39 is 17.6 Å². The minimum atomic E-state index is -1.21. The maximum Gasteiger partial charge on any atom is 0.352 e. The Morgan fingerprint density at radius 2 is 2.07 bits per heavy atom. The van der Waals surface area contributed by atoms with Crippen LogP contribution in [0, 0.1) is 15.2 Å². The highest BCUT2D eigenvalue weighted by Crippen LogP contribution is 2.25. The molecule has 0 radical (unpaired) electrons. The summed E-state index contributed by atoms with van der Waals surface area (Å²) in [6, 6.07) is 2.29. The van der Waals surface area contributed by atoms with Gasteiger partial charge in [0.1, 0.15) is 11.5 Å². The molecule has 0 saturated heterocycles. The first-order chi connectivity index (χ1) is 7.00. The number of hydrogen-bond acceptors (Lipinski definition) is 1. The Labute approximate surface area is 96.2 Å². The molecule has 0 saturated carbocycles. The molecule has 1 aromatic carbocycles. The number of hydrogen-bond donors (Lipinski definition) is 2. The summed E-state index contributed by atoms with van der Waals surface area (Å²) in [6.45, 7) is 0. The van der Waals surface area contributed by atoms with Crippen LogP contribution in [0.25, 0.3) is 10.9 Å². The number of carboxylic acid groups (broad SMARTS) is 1. The predicted molar refractivity (Wildman–Crippen MR) is 57.9 cm³/mol. The Balaban J connectivity index is 2.82. The van der Waals surface area contributed by atoms with Crippen molar-refractivity contribution >= 4 is 39.5 Å². The van der Waals surface area contributed by atoms with E-state index in [0.29, 0.717) is 0 Å². The lowest BCUT2D eigenvalue weighted by Crippen LogP contribution is -1.95. The highest BCUT2D eigenvalue weighted by Gasteiger charge is 2.15. The quantitative estimate of drug-likeness (QED) is 0.626. The number of aromatic nitrogens is 1. The molecule has 2 rings (SSSR count). The van der Waals surface area contributed by atoms with Gasteiger partial charge < -0.3 is 10.1 Å². The normalized spacial score (nSPS) is 10.9. The Morgan fingerprint density at radius 1 is 1.40 bits per heavy atom. The van der Waals surface area contributed by atoms with Gasteiger partial charge in [-0.1, -0.05) is 0 Å². The van der Waals surface area contributed by atoms with Gasteiger partial charge >= 0.3 is 5.97 Å². The predicted octanol–water partition coefficient (Wildman–Crippen LogP) is 2.75. The zero-order valence-corrected chi connectivity index (χ0v) is 9.30. The molecule has 0 aliphatic carbocycles. The van der Waals surface area contributed by atoms with E-state index in [1.54, 1.807) is 0 Å². The molecule has 2 aromatic rings. The maximum absolute atomic E-state index is 13.5. The summed E-state index contributed by atoms with van der Waals surface area (Å²) in [7, 11) is 0. The Bertz CT molecular complexity index is 565. The smallest absolute Gasteiger partial charge is 0.352 e. The van der Waals surface area contributed by atoms with Gasteiger partial charge in [-0.2, -0.15) is 0 Å². The van der Waals surface area contributed by atoms with Crippen molar-refractivity contribution in [2.45, 2.75) is 0 Å². The Hall–Kier alpha value is -1.18. The Morgan fingerprint density at radius 3 is 2.67 bits per heavy atom. The van der Waals surface area contributed by atoms with Crippen LogP contribution in [-0.2, 0) is 0 Å². The lowest BCUT2D eigenvalue weighted by molar-refractivity contribution is 0.0691. The van der Waals surface area contributed by atoms with Gasteiger partial charge in [0.25, 0.3) is 0 Å². The molecule has 0 fully saturated rings. The van der Waals surface area contributed by atoms with Crippen molar-refractivity contribution in [3.8, 4) is 0 Å². The average Bonchev–Trinajstić information content (AvgIpc) is 2.58. The SMILES string of the molecule is O=C(O)c1cc2cc(F)c(I)c(F)c2[nH]1. The summed E-state index contributed by atoms with van der Waals surface area (Å²) in [4.78, 5) is 13.0. The fourth-order valence-corrected chi connectivity index (χ4v) is 1.72. The summed E-state index contributed by atoms with van der Waals surface area (Å²) in [5.74, 6) is -2.67. The molecule has 2 N–H and O–H groups in total. The monoisotopic (exact) mass is 323 g/mol. The third-order valence-corrected chi connectivity index (χ3v) is 2.97. The molecule has 0 atom stereocenters. The van der Waals surface area contributed by atoms with Crippen LogP contribution in [0.3, 0.4) is 0 Å². The van der Waals surface area contributed by atoms with Crippen molar-refractivity contribution in [2.75, 3.05) is 0 Å². The first-order valence-corrected chi connectivity index (χ1v) is 4.98. The molecule has 78 valence electrons. The van der Waals surface area contributed by atoms with Crippen LogP contribution in [0.2, 0.25) is 0 Å². The number of carboxylic acids is 1. The molecule has 1 aromatic heterocycles. The van der Waals surface area contributed by atoms with E-state index in [0.717, 1.165) is 6.07 Å². The fourth-order valence-electron chi connectivity index (χ4n) is 1.30. The number of nitrogens with one attached hydrogen (secondary N) is 1. The molecule has 0 bridgehead atoms. The molecule has 0 amide bonds. The molecular formula is C9H4F2INO2. The second-order valence-electron chi connectivity index (χ2n) is 2.94. The molecular weight excluding hydrogens is 319 g/mol. The third kappa shape index (κ3) is 1.58. The van der Waals surface area contributed by atoms with E-state index in [-0.39, 0.29) is 20.2 Å². The largest absolute Gasteiger partial charge is 0.477 e. The highest BCUT2D eigenvalue weighted by molar-refractivity contribution is 14.1. The minimum absolute atomic E-state index is 0.0122. The van der Waals surface area contributed by atoms with Crippen LogP contribution in [0.1, 0.15) is 10.5 Å². The van der Waals surface area contributed by atoms with Gasteiger partial charge in [-0.15, -0.1) is 0 Å². The fraction of sp³-hybridized carbons (Fsp3) is 0. The summed E-state index contributed by atoms with van der Waals surface area (Å²) in [5, 5.41) is 8.88. The van der Waals surface area contributed by atoms with Crippen LogP contribution in [0.5, 0.6) is 0 Å². The van der Waals surface area contributed by atoms with E-state index in [1.807, 2.05) is 0 Å². The average molecular weight is 323 g/mol. The van der Waals surface area contributed by atoms with Gasteiger partial charge in [-0.3, -0.25) is 0 Å². The minimum Gasteiger partial charge on any atom is -0.477 e. The summed E-state index contributed by atoms with van der Waals surface area (Å²) >= 11 is 1.53. The molecule has 6 heteroatoms.